The lowest BCUT2D eigenvalue weighted by molar-refractivity contribution is 0.0176. The topological polar surface area (TPSA) is 67.4 Å². The third-order valence-corrected chi connectivity index (χ3v) is 4.39. The molecule has 2 rings (SSSR count). The lowest BCUT2D eigenvalue weighted by Gasteiger charge is -2.37. The van der Waals surface area contributed by atoms with Gasteiger partial charge in [-0.2, -0.15) is 4.37 Å². The lowest BCUT2D eigenvalue weighted by Crippen LogP contribution is -2.50. The molecule has 124 valence electrons. The van der Waals surface area contributed by atoms with Crippen molar-refractivity contribution >= 4 is 22.8 Å². The van der Waals surface area contributed by atoms with Gasteiger partial charge in [0.2, 0.25) is 5.13 Å². The predicted octanol–water partition coefficient (Wildman–Crippen LogP) is 3.16. The fourth-order valence-electron chi connectivity index (χ4n) is 2.36. The molecule has 0 radical (unpaired) electrons. The van der Waals surface area contributed by atoms with E-state index in [1.165, 1.54) is 11.5 Å². The smallest absolute Gasteiger partial charge is 0.410 e. The average Bonchev–Trinajstić information content (AvgIpc) is 2.87. The molecule has 6 nitrogen and oxygen atoms in total. The Kier molecular flexibility index (Phi) is 5.26. The van der Waals surface area contributed by atoms with Crippen LogP contribution in [0.15, 0.2) is 0 Å². The van der Waals surface area contributed by atoms with E-state index in [2.05, 4.69) is 21.6 Å². The summed E-state index contributed by atoms with van der Waals surface area (Å²) in [6.45, 7) is 11.3. The van der Waals surface area contributed by atoms with Gasteiger partial charge in [-0.05, 0) is 33.1 Å². The molecule has 0 bridgehead atoms. The number of hydrogen-bond donors (Lipinski definition) is 1. The van der Waals surface area contributed by atoms with Crippen LogP contribution in [-0.2, 0) is 11.2 Å². The summed E-state index contributed by atoms with van der Waals surface area (Å²) in [5.41, 5.74) is -0.460. The van der Waals surface area contributed by atoms with Crippen LogP contribution < -0.4 is 5.32 Å². The molecule has 0 aliphatic carbocycles. The van der Waals surface area contributed by atoms with Gasteiger partial charge in [-0.3, -0.25) is 0 Å². The van der Waals surface area contributed by atoms with E-state index in [4.69, 9.17) is 4.74 Å². The van der Waals surface area contributed by atoms with E-state index in [9.17, 15) is 4.79 Å². The molecule has 1 saturated heterocycles. The number of ether oxygens (including phenoxy) is 1. The number of aryl methyl sites for hydroxylation is 1. The highest BCUT2D eigenvalue weighted by Crippen LogP contribution is 2.23. The zero-order valence-corrected chi connectivity index (χ0v) is 14.9. The summed E-state index contributed by atoms with van der Waals surface area (Å²) in [5.74, 6) is 1.34. The average molecular weight is 326 g/mol. The second-order valence-corrected chi connectivity index (χ2v) is 7.56. The van der Waals surface area contributed by atoms with Gasteiger partial charge >= 0.3 is 6.09 Å². The quantitative estimate of drug-likeness (QED) is 0.924. The minimum atomic E-state index is -0.460. The van der Waals surface area contributed by atoms with Crippen LogP contribution in [-0.4, -0.2) is 45.1 Å². The van der Waals surface area contributed by atoms with E-state index in [0.717, 1.165) is 30.3 Å². The van der Waals surface area contributed by atoms with Crippen molar-refractivity contribution in [1.82, 2.24) is 14.3 Å². The number of likely N-dealkylation sites (tertiary alicyclic amines) is 1. The Hall–Kier alpha value is -1.37. The summed E-state index contributed by atoms with van der Waals surface area (Å²) in [4.78, 5) is 18.5. The number of nitrogens with zero attached hydrogens (tertiary/aromatic N) is 3. The number of nitrogens with one attached hydrogen (secondary N) is 1. The number of rotatable bonds is 3. The Bertz CT molecular complexity index is 512. The second kappa shape index (κ2) is 6.81. The van der Waals surface area contributed by atoms with E-state index in [1.807, 2.05) is 27.7 Å². The molecular weight excluding hydrogens is 300 g/mol. The fourth-order valence-corrected chi connectivity index (χ4v) is 3.08. The van der Waals surface area contributed by atoms with Crippen LogP contribution in [0.3, 0.4) is 0 Å². The van der Waals surface area contributed by atoms with E-state index in [1.54, 1.807) is 4.90 Å². The van der Waals surface area contributed by atoms with Gasteiger partial charge in [0.15, 0.2) is 0 Å². The van der Waals surface area contributed by atoms with Crippen molar-refractivity contribution in [1.29, 1.82) is 0 Å². The number of carbonyl (C=O) groups is 1. The molecule has 1 amide bonds. The summed E-state index contributed by atoms with van der Waals surface area (Å²) in [6.07, 6.45) is 1.55. The van der Waals surface area contributed by atoms with Crippen LogP contribution in [0.25, 0.3) is 0 Å². The predicted molar refractivity (Wildman–Crippen MR) is 88.3 cm³/mol. The zero-order valence-electron chi connectivity index (χ0n) is 14.0. The standard InChI is InChI=1S/C15H26N4O2S/c1-6-12-17-13(22-18-12)16-11-9-19(8-7-10(11)2)14(20)21-15(3,4)5/h10-11H,6-9H2,1-5H3,(H,16,17,18). The summed E-state index contributed by atoms with van der Waals surface area (Å²) >= 11 is 1.38. The molecule has 1 fully saturated rings. The van der Waals surface area contributed by atoms with Gasteiger partial charge in [0, 0.05) is 37.1 Å². The van der Waals surface area contributed by atoms with E-state index in [-0.39, 0.29) is 12.1 Å². The molecule has 1 aliphatic rings. The van der Waals surface area contributed by atoms with E-state index in [0.29, 0.717) is 12.5 Å². The molecule has 1 N–H and O–H groups in total. The third kappa shape index (κ3) is 4.56. The minimum Gasteiger partial charge on any atom is -0.444 e. The van der Waals surface area contributed by atoms with Crippen LogP contribution >= 0.6 is 11.5 Å². The van der Waals surface area contributed by atoms with Crippen molar-refractivity contribution in [3.8, 4) is 0 Å². The highest BCUT2D eigenvalue weighted by Gasteiger charge is 2.31. The Morgan fingerprint density at radius 3 is 2.82 bits per heavy atom. The van der Waals surface area contributed by atoms with Gasteiger partial charge in [0.1, 0.15) is 11.4 Å². The summed E-state index contributed by atoms with van der Waals surface area (Å²) < 4.78 is 9.76. The maximum absolute atomic E-state index is 12.2. The molecule has 0 aromatic carbocycles. The van der Waals surface area contributed by atoms with E-state index >= 15 is 0 Å². The molecular formula is C15H26N4O2S. The Morgan fingerprint density at radius 1 is 1.50 bits per heavy atom. The van der Waals surface area contributed by atoms with Gasteiger partial charge in [0.25, 0.3) is 0 Å². The lowest BCUT2D eigenvalue weighted by atomic mass is 9.94. The van der Waals surface area contributed by atoms with Crippen molar-refractivity contribution in [3.05, 3.63) is 5.82 Å². The monoisotopic (exact) mass is 326 g/mol. The largest absolute Gasteiger partial charge is 0.444 e. The maximum Gasteiger partial charge on any atom is 0.410 e. The van der Waals surface area contributed by atoms with Gasteiger partial charge in [-0.1, -0.05) is 13.8 Å². The number of anilines is 1. The number of piperidine rings is 1. The minimum absolute atomic E-state index is 0.180. The molecule has 2 unspecified atom stereocenters. The van der Waals surface area contributed by atoms with Crippen molar-refractivity contribution in [2.75, 3.05) is 18.4 Å². The summed E-state index contributed by atoms with van der Waals surface area (Å²) in [6, 6.07) is 0.180. The van der Waals surface area contributed by atoms with Gasteiger partial charge in [-0.25, -0.2) is 9.78 Å². The summed E-state index contributed by atoms with van der Waals surface area (Å²) in [5, 5.41) is 4.26. The van der Waals surface area contributed by atoms with Crippen molar-refractivity contribution in [2.24, 2.45) is 5.92 Å². The molecule has 1 aromatic rings. The first-order valence-corrected chi connectivity index (χ1v) is 8.63. The Balaban J connectivity index is 1.97. The number of amides is 1. The highest BCUT2D eigenvalue weighted by molar-refractivity contribution is 7.09. The summed E-state index contributed by atoms with van der Waals surface area (Å²) in [7, 11) is 0. The molecule has 22 heavy (non-hydrogen) atoms. The van der Waals surface area contributed by atoms with E-state index < -0.39 is 5.60 Å². The zero-order chi connectivity index (χ0) is 16.3. The molecule has 0 saturated carbocycles. The first-order valence-electron chi connectivity index (χ1n) is 7.85. The first kappa shape index (κ1) is 17.0. The molecule has 2 atom stereocenters. The number of aromatic nitrogens is 2. The third-order valence-electron chi connectivity index (χ3n) is 3.70. The molecule has 0 spiro atoms. The Morgan fingerprint density at radius 2 is 2.23 bits per heavy atom. The molecule has 1 aliphatic heterocycles. The van der Waals surface area contributed by atoms with Crippen molar-refractivity contribution < 1.29 is 9.53 Å². The molecule has 7 heteroatoms. The van der Waals surface area contributed by atoms with Crippen LogP contribution in [0, 0.1) is 5.92 Å². The normalized spacial score (nSPS) is 22.5. The van der Waals surface area contributed by atoms with Gasteiger partial charge in [-0.15, -0.1) is 0 Å². The van der Waals surface area contributed by atoms with Crippen LogP contribution in [0.2, 0.25) is 0 Å². The van der Waals surface area contributed by atoms with Crippen molar-refractivity contribution in [2.45, 2.75) is 59.1 Å². The van der Waals surface area contributed by atoms with Crippen molar-refractivity contribution in [3.63, 3.8) is 0 Å². The van der Waals surface area contributed by atoms with Gasteiger partial charge in [0.05, 0.1) is 0 Å². The van der Waals surface area contributed by atoms with Crippen LogP contribution in [0.4, 0.5) is 9.93 Å². The van der Waals surface area contributed by atoms with Gasteiger partial charge < -0.3 is 15.0 Å². The fraction of sp³-hybridized carbons (Fsp3) is 0.800. The first-order chi connectivity index (χ1) is 10.3. The van der Waals surface area contributed by atoms with Crippen LogP contribution in [0.1, 0.15) is 46.9 Å². The second-order valence-electron chi connectivity index (χ2n) is 6.81. The number of hydrogen-bond acceptors (Lipinski definition) is 6. The maximum atomic E-state index is 12.2. The SMILES string of the molecule is CCc1nsc(NC2CN(C(=O)OC(C)(C)C)CCC2C)n1. The van der Waals surface area contributed by atoms with Crippen LogP contribution in [0.5, 0.6) is 0 Å². The Labute approximate surface area is 136 Å². The molecule has 2 heterocycles. The molecule has 1 aromatic heterocycles. The highest BCUT2D eigenvalue weighted by atomic mass is 32.1. The number of carbonyl (C=O) groups excluding carboxylic acids is 1.